The molecule has 186 valence electrons. The van der Waals surface area contributed by atoms with Crippen LogP contribution in [-0.4, -0.2) is 50.2 Å². The molecule has 0 spiro atoms. The predicted octanol–water partition coefficient (Wildman–Crippen LogP) is 4.66. The zero-order chi connectivity index (χ0) is 25.4. The van der Waals surface area contributed by atoms with Crippen molar-refractivity contribution in [2.24, 2.45) is 5.10 Å². The second-order valence-electron chi connectivity index (χ2n) is 8.29. The number of hydrogen-bond donors (Lipinski definition) is 1. The summed E-state index contributed by atoms with van der Waals surface area (Å²) in [6.45, 7) is 0. The first-order valence-electron chi connectivity index (χ1n) is 11.3. The Labute approximate surface area is 208 Å². The fourth-order valence-electron chi connectivity index (χ4n) is 4.81. The second-order valence-corrected chi connectivity index (χ2v) is 8.29. The number of ether oxygens (including phenoxy) is 5. The molecule has 9 nitrogen and oxygen atoms in total. The number of fused-ring (bicyclic) bond motifs is 3. The third kappa shape index (κ3) is 3.73. The summed E-state index contributed by atoms with van der Waals surface area (Å²) in [5.74, 6) is 1.28. The molecule has 0 bridgehead atoms. The van der Waals surface area contributed by atoms with Gasteiger partial charge in [-0.2, -0.15) is 5.10 Å². The highest BCUT2D eigenvalue weighted by Crippen LogP contribution is 2.50. The first-order chi connectivity index (χ1) is 17.5. The average molecular weight is 491 g/mol. The SMILES string of the molecule is COc1ccc(C2=NN3C(C2)c2ccccc2OC3c2ccc(OC)c(OC)c2C(=O)O)c(OC)c1. The standard InChI is InChI=1S/C27H26N2O7/c1-32-15-9-10-16(23(13-15)34-3)19-14-20-17-7-5-6-8-21(17)36-26(29(20)28-19)18-11-12-22(33-2)25(35-4)24(18)27(30)31/h5-13,20,26H,14H2,1-4H3,(H,30,31). The highest BCUT2D eigenvalue weighted by Gasteiger charge is 2.43. The molecule has 0 aliphatic carbocycles. The monoisotopic (exact) mass is 490 g/mol. The number of carbonyl (C=O) groups is 1. The van der Waals surface area contributed by atoms with Crippen molar-refractivity contribution in [3.8, 4) is 28.7 Å². The van der Waals surface area contributed by atoms with Crippen LogP contribution in [-0.2, 0) is 0 Å². The summed E-state index contributed by atoms with van der Waals surface area (Å²) in [5.41, 5.74) is 2.96. The number of hydrogen-bond acceptors (Lipinski definition) is 8. The lowest BCUT2D eigenvalue weighted by molar-refractivity contribution is -0.0199. The van der Waals surface area contributed by atoms with E-state index in [1.807, 2.05) is 47.5 Å². The van der Waals surface area contributed by atoms with Crippen LogP contribution in [0.3, 0.4) is 0 Å². The molecular weight excluding hydrogens is 464 g/mol. The van der Waals surface area contributed by atoms with Gasteiger partial charge in [-0.1, -0.05) is 18.2 Å². The summed E-state index contributed by atoms with van der Waals surface area (Å²) in [4.78, 5) is 12.4. The van der Waals surface area contributed by atoms with Gasteiger partial charge in [0.15, 0.2) is 11.5 Å². The molecule has 0 radical (unpaired) electrons. The number of nitrogens with zero attached hydrogens (tertiary/aromatic N) is 2. The van der Waals surface area contributed by atoms with E-state index in [9.17, 15) is 9.90 Å². The van der Waals surface area contributed by atoms with Crippen LogP contribution in [0.25, 0.3) is 0 Å². The van der Waals surface area contributed by atoms with Crippen molar-refractivity contribution in [2.45, 2.75) is 18.7 Å². The van der Waals surface area contributed by atoms with Crippen LogP contribution in [0.15, 0.2) is 59.7 Å². The van der Waals surface area contributed by atoms with Gasteiger partial charge in [-0.3, -0.25) is 0 Å². The van der Waals surface area contributed by atoms with Gasteiger partial charge in [-0.05, 0) is 30.3 Å². The minimum Gasteiger partial charge on any atom is -0.497 e. The van der Waals surface area contributed by atoms with Crippen molar-refractivity contribution in [2.75, 3.05) is 28.4 Å². The maximum atomic E-state index is 12.4. The Hall–Kier alpha value is -4.40. The molecule has 9 heteroatoms. The van der Waals surface area contributed by atoms with E-state index in [0.29, 0.717) is 35.0 Å². The Kier molecular flexibility index (Phi) is 6.05. The molecule has 3 aromatic carbocycles. The van der Waals surface area contributed by atoms with Crippen molar-refractivity contribution < 1.29 is 33.6 Å². The fourth-order valence-corrected chi connectivity index (χ4v) is 4.81. The molecule has 0 fully saturated rings. The van der Waals surface area contributed by atoms with Gasteiger partial charge in [0.25, 0.3) is 0 Å². The predicted molar refractivity (Wildman–Crippen MR) is 132 cm³/mol. The highest BCUT2D eigenvalue weighted by atomic mass is 16.5. The molecule has 0 saturated carbocycles. The van der Waals surface area contributed by atoms with Gasteiger partial charge >= 0.3 is 5.97 Å². The Morgan fingerprint density at radius 1 is 0.944 bits per heavy atom. The number of aromatic carboxylic acids is 1. The van der Waals surface area contributed by atoms with Crippen LogP contribution in [0.5, 0.6) is 28.7 Å². The topological polar surface area (TPSA) is 99.1 Å². The number of para-hydroxylation sites is 1. The van der Waals surface area contributed by atoms with Gasteiger partial charge in [-0.25, -0.2) is 9.80 Å². The minimum absolute atomic E-state index is 0.0364. The number of carboxylic acids is 1. The Balaban J connectivity index is 1.67. The lowest BCUT2D eigenvalue weighted by Gasteiger charge is -2.38. The van der Waals surface area contributed by atoms with E-state index < -0.39 is 12.2 Å². The van der Waals surface area contributed by atoms with Crippen LogP contribution in [0.1, 0.15) is 45.7 Å². The molecule has 2 aliphatic rings. The Morgan fingerprint density at radius 2 is 1.72 bits per heavy atom. The van der Waals surface area contributed by atoms with Gasteiger partial charge in [0.05, 0.1) is 40.2 Å². The van der Waals surface area contributed by atoms with Gasteiger partial charge in [0.1, 0.15) is 22.8 Å². The molecule has 0 amide bonds. The van der Waals surface area contributed by atoms with E-state index in [1.165, 1.54) is 14.2 Å². The smallest absolute Gasteiger partial charge is 0.340 e. The number of methoxy groups -OCH3 is 4. The normalized spacial score (nSPS) is 17.9. The largest absolute Gasteiger partial charge is 0.497 e. The van der Waals surface area contributed by atoms with Crippen LogP contribution in [0, 0.1) is 0 Å². The van der Waals surface area contributed by atoms with Crippen LogP contribution >= 0.6 is 0 Å². The molecule has 2 heterocycles. The van der Waals surface area contributed by atoms with E-state index in [-0.39, 0.29) is 17.4 Å². The maximum Gasteiger partial charge on any atom is 0.340 e. The van der Waals surface area contributed by atoms with Gasteiger partial charge in [0.2, 0.25) is 6.23 Å². The highest BCUT2D eigenvalue weighted by molar-refractivity contribution is 6.04. The summed E-state index contributed by atoms with van der Waals surface area (Å²) in [6, 6.07) is 16.5. The Bertz CT molecular complexity index is 1350. The van der Waals surface area contributed by atoms with E-state index in [0.717, 1.165) is 16.8 Å². The first-order valence-corrected chi connectivity index (χ1v) is 11.3. The van der Waals surface area contributed by atoms with Crippen molar-refractivity contribution in [3.63, 3.8) is 0 Å². The third-order valence-corrected chi connectivity index (χ3v) is 6.48. The lowest BCUT2D eigenvalue weighted by Crippen LogP contribution is -2.34. The molecule has 0 saturated heterocycles. The van der Waals surface area contributed by atoms with Crippen molar-refractivity contribution in [1.82, 2.24) is 5.01 Å². The molecule has 2 unspecified atom stereocenters. The summed E-state index contributed by atoms with van der Waals surface area (Å²) >= 11 is 0. The molecule has 5 rings (SSSR count). The van der Waals surface area contributed by atoms with Gasteiger partial charge in [0, 0.05) is 29.2 Å². The van der Waals surface area contributed by atoms with Gasteiger partial charge < -0.3 is 28.8 Å². The molecular formula is C27H26N2O7. The molecule has 3 aromatic rings. The fraction of sp³-hybridized carbons (Fsp3) is 0.259. The minimum atomic E-state index is -1.15. The molecule has 2 aliphatic heterocycles. The summed E-state index contributed by atoms with van der Waals surface area (Å²) in [5, 5.41) is 16.9. The van der Waals surface area contributed by atoms with E-state index >= 15 is 0 Å². The molecule has 0 aromatic heterocycles. The second kappa shape index (κ2) is 9.33. The molecule has 1 N–H and O–H groups in total. The Morgan fingerprint density at radius 3 is 2.42 bits per heavy atom. The number of rotatable bonds is 7. The zero-order valence-electron chi connectivity index (χ0n) is 20.3. The first kappa shape index (κ1) is 23.3. The van der Waals surface area contributed by atoms with Crippen LogP contribution in [0.4, 0.5) is 0 Å². The number of carboxylic acid groups (broad SMARTS) is 1. The number of benzene rings is 3. The van der Waals surface area contributed by atoms with Crippen molar-refractivity contribution in [3.05, 3.63) is 76.9 Å². The number of hydrazone groups is 1. The third-order valence-electron chi connectivity index (χ3n) is 6.48. The summed E-state index contributed by atoms with van der Waals surface area (Å²) < 4.78 is 28.1. The van der Waals surface area contributed by atoms with Crippen molar-refractivity contribution in [1.29, 1.82) is 0 Å². The van der Waals surface area contributed by atoms with E-state index in [2.05, 4.69) is 0 Å². The summed E-state index contributed by atoms with van der Waals surface area (Å²) in [7, 11) is 6.08. The quantitative estimate of drug-likeness (QED) is 0.511. The van der Waals surface area contributed by atoms with E-state index in [4.69, 9.17) is 28.8 Å². The zero-order valence-corrected chi connectivity index (χ0v) is 20.3. The molecule has 2 atom stereocenters. The summed E-state index contributed by atoms with van der Waals surface area (Å²) in [6.07, 6.45) is -0.229. The maximum absolute atomic E-state index is 12.4. The molecule has 36 heavy (non-hydrogen) atoms. The average Bonchev–Trinajstić information content (AvgIpc) is 3.36. The van der Waals surface area contributed by atoms with Crippen LogP contribution < -0.4 is 23.7 Å². The van der Waals surface area contributed by atoms with Gasteiger partial charge in [-0.15, -0.1) is 0 Å². The van der Waals surface area contributed by atoms with E-state index in [1.54, 1.807) is 26.4 Å². The van der Waals surface area contributed by atoms with Crippen LogP contribution in [0.2, 0.25) is 0 Å². The lowest BCUT2D eigenvalue weighted by atomic mass is 9.94. The van der Waals surface area contributed by atoms with Crippen molar-refractivity contribution >= 4 is 11.7 Å².